The number of ether oxygens (including phenoxy) is 1. The molecule has 5 N–H and O–H groups in total. The number of nitrogens with one attached hydrogen (secondary N) is 3. The van der Waals surface area contributed by atoms with E-state index in [9.17, 15) is 9.59 Å². The Morgan fingerprint density at radius 3 is 2.61 bits per heavy atom. The van der Waals surface area contributed by atoms with Crippen LogP contribution in [0.15, 0.2) is 24.3 Å². The molecule has 1 unspecified atom stereocenters. The molecule has 3 heterocycles. The van der Waals surface area contributed by atoms with Crippen molar-refractivity contribution in [3.8, 4) is 0 Å². The second-order valence-corrected chi connectivity index (χ2v) is 7.49. The highest BCUT2D eigenvalue weighted by Crippen LogP contribution is 2.20. The quantitative estimate of drug-likeness (QED) is 0.513. The first-order chi connectivity index (χ1) is 15.1. The smallest absolute Gasteiger partial charge is 0.273 e. The molecule has 2 aromatic rings. The normalized spacial score (nSPS) is 19.0. The van der Waals surface area contributed by atoms with E-state index in [2.05, 4.69) is 31.1 Å². The molecule has 31 heavy (non-hydrogen) atoms. The van der Waals surface area contributed by atoms with Gasteiger partial charge in [-0.05, 0) is 43.7 Å². The number of carbonyl (C=O) groups is 2. The van der Waals surface area contributed by atoms with E-state index in [0.717, 1.165) is 25.9 Å². The van der Waals surface area contributed by atoms with Gasteiger partial charge < -0.3 is 31.3 Å². The van der Waals surface area contributed by atoms with Crippen LogP contribution in [0.3, 0.4) is 0 Å². The van der Waals surface area contributed by atoms with Crippen molar-refractivity contribution in [1.29, 1.82) is 0 Å². The second-order valence-electron chi connectivity index (χ2n) is 7.49. The maximum absolute atomic E-state index is 12.6. The van der Waals surface area contributed by atoms with Crippen LogP contribution < -0.4 is 21.7 Å². The number of primary amides is 1. The molecule has 2 aliphatic rings. The first-order valence-electron chi connectivity index (χ1n) is 10.4. The van der Waals surface area contributed by atoms with E-state index in [0.29, 0.717) is 43.5 Å². The van der Waals surface area contributed by atoms with E-state index in [1.54, 1.807) is 29.2 Å². The lowest BCUT2D eigenvalue weighted by atomic mass is 10.1. The number of piperidine rings is 1. The average molecular weight is 426 g/mol. The third-order valence-corrected chi connectivity index (χ3v) is 5.24. The molecule has 11 nitrogen and oxygen atoms in total. The lowest BCUT2D eigenvalue weighted by Gasteiger charge is -2.26. The third kappa shape index (κ3) is 5.25. The molecule has 0 bridgehead atoms. The van der Waals surface area contributed by atoms with E-state index >= 15 is 0 Å². The van der Waals surface area contributed by atoms with Gasteiger partial charge in [0.2, 0.25) is 5.95 Å². The predicted octanol–water partition coefficient (Wildman–Crippen LogP) is 0.350. The van der Waals surface area contributed by atoms with E-state index in [1.807, 2.05) is 0 Å². The molecule has 0 radical (unpaired) electrons. The Morgan fingerprint density at radius 2 is 1.94 bits per heavy atom. The third-order valence-electron chi connectivity index (χ3n) is 5.24. The van der Waals surface area contributed by atoms with Crippen LogP contribution in [0.2, 0.25) is 0 Å². The fraction of sp³-hybridized carbons (Fsp3) is 0.450. The number of hydrogen-bond acceptors (Lipinski definition) is 9. The Balaban J connectivity index is 1.48. The molecular formula is C20H26N8O3. The molecule has 0 spiro atoms. The fourth-order valence-electron chi connectivity index (χ4n) is 3.58. The van der Waals surface area contributed by atoms with Crippen LogP contribution in [0.5, 0.6) is 0 Å². The van der Waals surface area contributed by atoms with Gasteiger partial charge >= 0.3 is 0 Å². The number of nitrogens with zero attached hydrogens (tertiary/aromatic N) is 4. The molecule has 1 atom stereocenters. The summed E-state index contributed by atoms with van der Waals surface area (Å²) in [5.74, 6) is -0.238. The number of rotatable bonds is 6. The Bertz CT molecular complexity index is 925. The van der Waals surface area contributed by atoms with Gasteiger partial charge in [0.25, 0.3) is 11.8 Å². The molecule has 1 aromatic heterocycles. The molecular weight excluding hydrogens is 400 g/mol. The van der Waals surface area contributed by atoms with E-state index in [4.69, 9.17) is 10.5 Å². The van der Waals surface area contributed by atoms with Gasteiger partial charge in [0, 0.05) is 36.9 Å². The molecule has 4 rings (SSSR count). The number of amides is 2. The van der Waals surface area contributed by atoms with E-state index in [-0.39, 0.29) is 23.5 Å². The Hall–Kier alpha value is -3.31. The van der Waals surface area contributed by atoms with Crippen LogP contribution in [-0.2, 0) is 4.74 Å². The highest BCUT2D eigenvalue weighted by atomic mass is 16.5. The summed E-state index contributed by atoms with van der Waals surface area (Å²) in [6, 6.07) is 7.14. The molecule has 2 amide bonds. The number of nitrogens with two attached hydrogens (primary N) is 1. The molecule has 164 valence electrons. The van der Waals surface area contributed by atoms with Crippen LogP contribution in [0.1, 0.15) is 33.7 Å². The monoisotopic (exact) mass is 426 g/mol. The minimum absolute atomic E-state index is 0.0380. The summed E-state index contributed by atoms with van der Waals surface area (Å²) in [6.07, 6.45) is 2.06. The Morgan fingerprint density at radius 1 is 1.16 bits per heavy atom. The lowest BCUT2D eigenvalue weighted by Crippen LogP contribution is -2.40. The lowest BCUT2D eigenvalue weighted by molar-refractivity contribution is 0.0303. The zero-order valence-electron chi connectivity index (χ0n) is 17.1. The van der Waals surface area contributed by atoms with Crippen LogP contribution in [-0.4, -0.2) is 77.3 Å². The first-order valence-corrected chi connectivity index (χ1v) is 10.4. The van der Waals surface area contributed by atoms with Gasteiger partial charge in [-0.1, -0.05) is 0 Å². The van der Waals surface area contributed by atoms with Gasteiger partial charge in [-0.15, -0.1) is 10.2 Å². The zero-order valence-corrected chi connectivity index (χ0v) is 17.1. The van der Waals surface area contributed by atoms with Crippen LogP contribution in [0.4, 0.5) is 17.5 Å². The number of aromatic nitrogens is 3. The van der Waals surface area contributed by atoms with Gasteiger partial charge in [0.05, 0.1) is 13.2 Å². The van der Waals surface area contributed by atoms with E-state index < -0.39 is 5.91 Å². The summed E-state index contributed by atoms with van der Waals surface area (Å²) in [5, 5.41) is 17.5. The van der Waals surface area contributed by atoms with Crippen molar-refractivity contribution in [2.24, 2.45) is 5.73 Å². The molecule has 11 heteroatoms. The number of carbonyl (C=O) groups excluding carboxylic acids is 2. The number of morpholine rings is 1. The summed E-state index contributed by atoms with van der Waals surface area (Å²) in [4.78, 5) is 30.5. The maximum Gasteiger partial charge on any atom is 0.273 e. The Labute approximate surface area is 179 Å². The number of benzene rings is 1. The predicted molar refractivity (Wildman–Crippen MR) is 114 cm³/mol. The van der Waals surface area contributed by atoms with Crippen molar-refractivity contribution in [2.75, 3.05) is 50.0 Å². The molecule has 0 saturated carbocycles. The summed E-state index contributed by atoms with van der Waals surface area (Å²) in [6.45, 7) is 4.07. The van der Waals surface area contributed by atoms with Crippen molar-refractivity contribution >= 4 is 29.3 Å². The second kappa shape index (κ2) is 9.67. The summed E-state index contributed by atoms with van der Waals surface area (Å²) >= 11 is 0. The summed E-state index contributed by atoms with van der Waals surface area (Å²) in [5.41, 5.74) is 6.61. The largest absolute Gasteiger partial charge is 0.378 e. The molecule has 0 aliphatic carbocycles. The minimum Gasteiger partial charge on any atom is -0.378 e. The standard InChI is InChI=1S/C20H26N8O3/c21-17(29)16-18(25-20(27-26-16)24-15-2-1-7-22-12-15)23-14-5-3-13(4-6-14)19(30)28-8-10-31-11-9-28/h3-6,15,22H,1-2,7-12H2,(H2,21,29)(H2,23,24,25,27). The topological polar surface area (TPSA) is 147 Å². The van der Waals surface area contributed by atoms with Gasteiger partial charge in [-0.3, -0.25) is 9.59 Å². The van der Waals surface area contributed by atoms with Crippen molar-refractivity contribution in [2.45, 2.75) is 18.9 Å². The van der Waals surface area contributed by atoms with Crippen molar-refractivity contribution in [3.05, 3.63) is 35.5 Å². The van der Waals surface area contributed by atoms with Crippen LogP contribution >= 0.6 is 0 Å². The first kappa shape index (κ1) is 20.9. The molecule has 2 saturated heterocycles. The van der Waals surface area contributed by atoms with Gasteiger partial charge in [0.1, 0.15) is 0 Å². The maximum atomic E-state index is 12.6. The zero-order chi connectivity index (χ0) is 21.6. The van der Waals surface area contributed by atoms with E-state index in [1.165, 1.54) is 0 Å². The van der Waals surface area contributed by atoms with Crippen LogP contribution in [0.25, 0.3) is 0 Å². The van der Waals surface area contributed by atoms with Crippen LogP contribution in [0, 0.1) is 0 Å². The highest BCUT2D eigenvalue weighted by molar-refractivity contribution is 5.97. The number of anilines is 3. The molecule has 2 fully saturated rings. The Kier molecular flexibility index (Phi) is 6.53. The summed E-state index contributed by atoms with van der Waals surface area (Å²) < 4.78 is 5.29. The van der Waals surface area contributed by atoms with Gasteiger partial charge in [-0.2, -0.15) is 4.98 Å². The van der Waals surface area contributed by atoms with Gasteiger partial charge in [0.15, 0.2) is 11.5 Å². The SMILES string of the molecule is NC(=O)c1nnc(NC2CCCNC2)nc1Nc1ccc(C(=O)N2CCOCC2)cc1. The highest BCUT2D eigenvalue weighted by Gasteiger charge is 2.20. The molecule has 1 aromatic carbocycles. The summed E-state index contributed by atoms with van der Waals surface area (Å²) in [7, 11) is 0. The van der Waals surface area contributed by atoms with Crippen molar-refractivity contribution < 1.29 is 14.3 Å². The fourth-order valence-corrected chi connectivity index (χ4v) is 3.58. The molecule has 2 aliphatic heterocycles. The minimum atomic E-state index is -0.729. The van der Waals surface area contributed by atoms with Gasteiger partial charge in [-0.25, -0.2) is 0 Å². The average Bonchev–Trinajstić information content (AvgIpc) is 2.80. The van der Waals surface area contributed by atoms with Crippen molar-refractivity contribution in [1.82, 2.24) is 25.4 Å². The number of hydrogen-bond donors (Lipinski definition) is 4. The van der Waals surface area contributed by atoms with Crippen molar-refractivity contribution in [3.63, 3.8) is 0 Å².